The highest BCUT2D eigenvalue weighted by molar-refractivity contribution is 5.93. The summed E-state index contributed by atoms with van der Waals surface area (Å²) in [6.07, 6.45) is 3.03. The van der Waals surface area contributed by atoms with Crippen molar-refractivity contribution in [1.29, 1.82) is 0 Å². The maximum Gasteiger partial charge on any atom is 0.256 e. The van der Waals surface area contributed by atoms with Crippen molar-refractivity contribution in [3.05, 3.63) is 33.7 Å². The summed E-state index contributed by atoms with van der Waals surface area (Å²) in [7, 11) is 0. The van der Waals surface area contributed by atoms with Gasteiger partial charge in [0.2, 0.25) is 0 Å². The van der Waals surface area contributed by atoms with E-state index in [9.17, 15) is 9.59 Å². The number of amides is 1. The second-order valence-electron chi connectivity index (χ2n) is 4.11. The summed E-state index contributed by atoms with van der Waals surface area (Å²) in [6.45, 7) is 4.25. The highest BCUT2D eigenvalue weighted by Crippen LogP contribution is 1.94. The normalized spacial score (nSPS) is 12.2. The van der Waals surface area contributed by atoms with Gasteiger partial charge in [0.05, 0.1) is 0 Å². The minimum atomic E-state index is -0.352. The fourth-order valence-electron chi connectivity index (χ4n) is 1.42. The SMILES string of the molecule is CCC(N)CCNC(=O)c1c[nH]c(C)cc1=O. The Morgan fingerprint density at radius 1 is 1.59 bits per heavy atom. The number of aromatic amines is 1. The lowest BCUT2D eigenvalue weighted by Gasteiger charge is -2.09. The van der Waals surface area contributed by atoms with Crippen LogP contribution in [-0.4, -0.2) is 23.5 Å². The molecule has 94 valence electrons. The Morgan fingerprint density at radius 3 is 2.88 bits per heavy atom. The second kappa shape index (κ2) is 6.20. The Bertz CT molecular complexity index is 440. The third-order valence-corrected chi connectivity index (χ3v) is 2.63. The van der Waals surface area contributed by atoms with E-state index in [0.29, 0.717) is 13.0 Å². The van der Waals surface area contributed by atoms with Crippen LogP contribution in [0.5, 0.6) is 0 Å². The molecule has 0 saturated heterocycles. The van der Waals surface area contributed by atoms with Crippen LogP contribution in [0.4, 0.5) is 0 Å². The van der Waals surface area contributed by atoms with E-state index >= 15 is 0 Å². The van der Waals surface area contributed by atoms with Gasteiger partial charge < -0.3 is 16.0 Å². The van der Waals surface area contributed by atoms with E-state index in [1.807, 2.05) is 6.92 Å². The predicted molar refractivity (Wildman–Crippen MR) is 67.0 cm³/mol. The molecule has 0 bridgehead atoms. The van der Waals surface area contributed by atoms with Gasteiger partial charge in [-0.25, -0.2) is 0 Å². The van der Waals surface area contributed by atoms with Crippen molar-refractivity contribution in [3.8, 4) is 0 Å². The number of nitrogens with two attached hydrogens (primary N) is 1. The van der Waals surface area contributed by atoms with Crippen molar-refractivity contribution in [2.75, 3.05) is 6.54 Å². The molecule has 1 rings (SSSR count). The molecule has 1 atom stereocenters. The first-order valence-electron chi connectivity index (χ1n) is 5.77. The Hall–Kier alpha value is -1.62. The average Bonchev–Trinajstić information content (AvgIpc) is 2.28. The van der Waals surface area contributed by atoms with Crippen molar-refractivity contribution in [1.82, 2.24) is 10.3 Å². The van der Waals surface area contributed by atoms with Crippen molar-refractivity contribution in [2.45, 2.75) is 32.7 Å². The molecular weight excluding hydrogens is 218 g/mol. The van der Waals surface area contributed by atoms with Gasteiger partial charge in [0.15, 0.2) is 5.43 Å². The summed E-state index contributed by atoms with van der Waals surface area (Å²) in [4.78, 5) is 26.1. The minimum Gasteiger partial charge on any atom is -0.364 e. The van der Waals surface area contributed by atoms with Gasteiger partial charge in [-0.1, -0.05) is 6.92 Å². The number of nitrogens with one attached hydrogen (secondary N) is 2. The van der Waals surface area contributed by atoms with Gasteiger partial charge in [-0.3, -0.25) is 9.59 Å². The van der Waals surface area contributed by atoms with Crippen LogP contribution in [-0.2, 0) is 0 Å². The highest BCUT2D eigenvalue weighted by atomic mass is 16.2. The van der Waals surface area contributed by atoms with E-state index in [1.54, 1.807) is 6.92 Å². The number of hydrogen-bond acceptors (Lipinski definition) is 3. The number of hydrogen-bond donors (Lipinski definition) is 3. The molecule has 1 unspecified atom stereocenters. The summed E-state index contributed by atoms with van der Waals surface area (Å²) in [5, 5.41) is 2.69. The Morgan fingerprint density at radius 2 is 2.29 bits per heavy atom. The largest absolute Gasteiger partial charge is 0.364 e. The molecular formula is C12H19N3O2. The topological polar surface area (TPSA) is 88.0 Å². The molecule has 0 spiro atoms. The quantitative estimate of drug-likeness (QED) is 0.698. The molecule has 0 aliphatic heterocycles. The summed E-state index contributed by atoms with van der Waals surface area (Å²) in [5.41, 5.74) is 6.34. The average molecular weight is 237 g/mol. The molecule has 1 heterocycles. The van der Waals surface area contributed by atoms with Crippen molar-refractivity contribution in [3.63, 3.8) is 0 Å². The maximum atomic E-state index is 11.7. The Labute approximate surface area is 100 Å². The molecule has 0 aromatic carbocycles. The maximum absolute atomic E-state index is 11.7. The van der Waals surface area contributed by atoms with Gasteiger partial charge in [-0.2, -0.15) is 0 Å². The third-order valence-electron chi connectivity index (χ3n) is 2.63. The third kappa shape index (κ3) is 4.03. The number of carbonyl (C=O) groups excluding carboxylic acids is 1. The molecule has 0 aliphatic carbocycles. The minimum absolute atomic E-state index is 0.0894. The zero-order valence-corrected chi connectivity index (χ0v) is 10.2. The number of aryl methyl sites for hydroxylation is 1. The molecule has 5 heteroatoms. The Kier molecular flexibility index (Phi) is 4.90. The van der Waals surface area contributed by atoms with Crippen LogP contribution in [0.2, 0.25) is 0 Å². The van der Waals surface area contributed by atoms with E-state index in [-0.39, 0.29) is 22.9 Å². The molecule has 0 fully saturated rings. The van der Waals surface area contributed by atoms with E-state index in [2.05, 4.69) is 10.3 Å². The predicted octanol–water partition coefficient (Wildman–Crippen LogP) is 0.541. The van der Waals surface area contributed by atoms with Gasteiger partial charge in [-0.15, -0.1) is 0 Å². The standard InChI is InChI=1S/C12H19N3O2/c1-3-9(13)4-5-14-12(17)10-7-15-8(2)6-11(10)16/h6-7,9H,3-5,13H2,1-2H3,(H,14,17)(H,15,16). The van der Waals surface area contributed by atoms with Crippen LogP contribution in [0.25, 0.3) is 0 Å². The summed E-state index contributed by atoms with van der Waals surface area (Å²) < 4.78 is 0. The van der Waals surface area contributed by atoms with E-state index in [1.165, 1.54) is 12.3 Å². The smallest absolute Gasteiger partial charge is 0.256 e. The molecule has 5 nitrogen and oxygen atoms in total. The molecule has 4 N–H and O–H groups in total. The van der Waals surface area contributed by atoms with Crippen LogP contribution in [0.15, 0.2) is 17.1 Å². The van der Waals surface area contributed by atoms with Gasteiger partial charge in [0, 0.05) is 30.5 Å². The van der Waals surface area contributed by atoms with Gasteiger partial charge in [-0.05, 0) is 19.8 Å². The van der Waals surface area contributed by atoms with Crippen molar-refractivity contribution >= 4 is 5.91 Å². The number of aromatic nitrogens is 1. The molecule has 1 amide bonds. The molecule has 0 aliphatic rings. The van der Waals surface area contributed by atoms with Gasteiger partial charge in [0.1, 0.15) is 5.56 Å². The van der Waals surface area contributed by atoms with Crippen LogP contribution < -0.4 is 16.5 Å². The number of pyridine rings is 1. The van der Waals surface area contributed by atoms with Crippen LogP contribution >= 0.6 is 0 Å². The monoisotopic (exact) mass is 237 g/mol. The van der Waals surface area contributed by atoms with Gasteiger partial charge >= 0.3 is 0 Å². The van der Waals surface area contributed by atoms with E-state index in [0.717, 1.165) is 12.1 Å². The van der Waals surface area contributed by atoms with Crippen LogP contribution in [0.3, 0.4) is 0 Å². The zero-order chi connectivity index (χ0) is 12.8. The zero-order valence-electron chi connectivity index (χ0n) is 10.2. The summed E-state index contributed by atoms with van der Waals surface area (Å²) >= 11 is 0. The number of rotatable bonds is 5. The lowest BCUT2D eigenvalue weighted by Crippen LogP contribution is -2.32. The summed E-state index contributed by atoms with van der Waals surface area (Å²) in [5.74, 6) is -0.352. The molecule has 17 heavy (non-hydrogen) atoms. The van der Waals surface area contributed by atoms with Crippen molar-refractivity contribution < 1.29 is 4.79 Å². The summed E-state index contributed by atoms with van der Waals surface area (Å²) in [6, 6.07) is 1.50. The Balaban J connectivity index is 2.56. The van der Waals surface area contributed by atoms with E-state index < -0.39 is 0 Å². The lowest BCUT2D eigenvalue weighted by molar-refractivity contribution is 0.0951. The van der Waals surface area contributed by atoms with Gasteiger partial charge in [0.25, 0.3) is 5.91 Å². The lowest BCUT2D eigenvalue weighted by atomic mass is 10.1. The number of carbonyl (C=O) groups is 1. The first kappa shape index (κ1) is 13.4. The van der Waals surface area contributed by atoms with Crippen molar-refractivity contribution in [2.24, 2.45) is 5.73 Å². The fraction of sp³-hybridized carbons (Fsp3) is 0.500. The van der Waals surface area contributed by atoms with Crippen LogP contribution in [0, 0.1) is 6.92 Å². The van der Waals surface area contributed by atoms with Crippen LogP contribution in [0.1, 0.15) is 35.8 Å². The first-order valence-corrected chi connectivity index (χ1v) is 5.77. The highest BCUT2D eigenvalue weighted by Gasteiger charge is 2.09. The fourth-order valence-corrected chi connectivity index (χ4v) is 1.42. The molecule has 0 saturated carbocycles. The number of H-pyrrole nitrogens is 1. The molecule has 1 aromatic rings. The molecule has 0 radical (unpaired) electrons. The van der Waals surface area contributed by atoms with E-state index in [4.69, 9.17) is 5.73 Å². The second-order valence-corrected chi connectivity index (χ2v) is 4.11. The molecule has 1 aromatic heterocycles. The first-order chi connectivity index (χ1) is 8.04.